The smallest absolute Gasteiger partial charge is 0.241 e. The number of hydrogen-bond donors (Lipinski definition) is 2. The van der Waals surface area contributed by atoms with Crippen LogP contribution in [0.15, 0.2) is 59.8 Å². The molecule has 1 atom stereocenters. The zero-order valence-electron chi connectivity index (χ0n) is 15.3. The lowest BCUT2D eigenvalue weighted by Crippen LogP contribution is -2.46. The lowest BCUT2D eigenvalue weighted by molar-refractivity contribution is -0.122. The number of nitrogens with one attached hydrogen (secondary N) is 2. The fourth-order valence-corrected chi connectivity index (χ4v) is 4.38. The van der Waals surface area contributed by atoms with E-state index in [9.17, 15) is 13.2 Å². The number of aromatic nitrogens is 3. The molecule has 8 nitrogen and oxygen atoms in total. The van der Waals surface area contributed by atoms with Crippen molar-refractivity contribution in [3.8, 4) is 0 Å². The van der Waals surface area contributed by atoms with E-state index in [1.165, 1.54) is 12.1 Å². The van der Waals surface area contributed by atoms with Crippen LogP contribution in [-0.4, -0.2) is 47.0 Å². The molecule has 0 saturated carbocycles. The van der Waals surface area contributed by atoms with E-state index in [1.807, 2.05) is 6.26 Å². The molecular formula is C18H21N5O3S2. The summed E-state index contributed by atoms with van der Waals surface area (Å²) in [6, 6.07) is 10.7. The van der Waals surface area contributed by atoms with Gasteiger partial charge in [0.2, 0.25) is 15.9 Å². The Morgan fingerprint density at radius 1 is 1.18 bits per heavy atom. The van der Waals surface area contributed by atoms with Crippen molar-refractivity contribution in [1.29, 1.82) is 0 Å². The summed E-state index contributed by atoms with van der Waals surface area (Å²) in [4.78, 5) is 17.0. The van der Waals surface area contributed by atoms with E-state index in [0.717, 1.165) is 5.69 Å². The highest BCUT2D eigenvalue weighted by Crippen LogP contribution is 2.11. The minimum atomic E-state index is -3.79. The molecule has 2 aromatic heterocycles. The number of fused-ring (bicyclic) bond motifs is 1. The van der Waals surface area contributed by atoms with Crippen molar-refractivity contribution < 1.29 is 13.2 Å². The van der Waals surface area contributed by atoms with Crippen molar-refractivity contribution in [1.82, 2.24) is 24.6 Å². The van der Waals surface area contributed by atoms with Crippen LogP contribution in [0.4, 0.5) is 0 Å². The number of carbonyl (C=O) groups is 1. The van der Waals surface area contributed by atoms with Crippen LogP contribution in [0.1, 0.15) is 12.1 Å². The Kier molecular flexibility index (Phi) is 6.65. The van der Waals surface area contributed by atoms with Crippen LogP contribution in [0.3, 0.4) is 0 Å². The first kappa shape index (κ1) is 20.3. The van der Waals surface area contributed by atoms with Gasteiger partial charge in [0.1, 0.15) is 6.04 Å². The zero-order valence-corrected chi connectivity index (χ0v) is 16.9. The summed E-state index contributed by atoms with van der Waals surface area (Å²) in [5.41, 5.74) is 1.42. The third kappa shape index (κ3) is 4.89. The van der Waals surface area contributed by atoms with Gasteiger partial charge in [0, 0.05) is 12.3 Å². The van der Waals surface area contributed by atoms with Crippen LogP contribution >= 0.6 is 11.8 Å². The Hall–Kier alpha value is -2.43. The number of sulfonamides is 1. The molecule has 1 unspecified atom stereocenters. The number of hydrogen-bond acceptors (Lipinski definition) is 6. The number of thioether (sulfide) groups is 1. The van der Waals surface area contributed by atoms with Gasteiger partial charge in [-0.2, -0.15) is 21.6 Å². The molecule has 0 fully saturated rings. The molecule has 0 radical (unpaired) electrons. The van der Waals surface area contributed by atoms with Crippen molar-refractivity contribution in [2.75, 3.05) is 12.0 Å². The highest BCUT2D eigenvalue weighted by Gasteiger charge is 2.25. The van der Waals surface area contributed by atoms with Gasteiger partial charge in [0.25, 0.3) is 0 Å². The van der Waals surface area contributed by atoms with Crippen LogP contribution in [0.5, 0.6) is 0 Å². The van der Waals surface area contributed by atoms with Gasteiger partial charge >= 0.3 is 0 Å². The molecule has 148 valence electrons. The molecule has 3 aromatic rings. The summed E-state index contributed by atoms with van der Waals surface area (Å²) in [5.74, 6) is 0.263. The second-order valence-electron chi connectivity index (χ2n) is 6.02. The molecule has 0 aliphatic heterocycles. The van der Waals surface area contributed by atoms with Gasteiger partial charge in [-0.1, -0.05) is 18.2 Å². The van der Waals surface area contributed by atoms with E-state index < -0.39 is 16.1 Å². The van der Waals surface area contributed by atoms with Crippen molar-refractivity contribution >= 4 is 33.3 Å². The van der Waals surface area contributed by atoms with Crippen LogP contribution in [0.25, 0.3) is 5.65 Å². The van der Waals surface area contributed by atoms with Gasteiger partial charge in [0.05, 0.1) is 23.3 Å². The van der Waals surface area contributed by atoms with Crippen LogP contribution in [0, 0.1) is 0 Å². The van der Waals surface area contributed by atoms with E-state index in [2.05, 4.69) is 20.1 Å². The summed E-state index contributed by atoms with van der Waals surface area (Å²) in [6.45, 7) is 0.211. The van der Waals surface area contributed by atoms with Crippen LogP contribution in [-0.2, 0) is 21.4 Å². The van der Waals surface area contributed by atoms with E-state index >= 15 is 0 Å². The van der Waals surface area contributed by atoms with Crippen molar-refractivity contribution in [2.45, 2.75) is 23.9 Å². The Morgan fingerprint density at radius 2 is 1.96 bits per heavy atom. The molecule has 28 heavy (non-hydrogen) atoms. The molecule has 2 heterocycles. The third-order valence-electron chi connectivity index (χ3n) is 4.09. The summed E-state index contributed by atoms with van der Waals surface area (Å²) < 4.78 is 29.4. The summed E-state index contributed by atoms with van der Waals surface area (Å²) >= 11 is 1.55. The maximum atomic E-state index is 12.7. The van der Waals surface area contributed by atoms with Gasteiger partial charge in [-0.15, -0.1) is 0 Å². The van der Waals surface area contributed by atoms with Crippen molar-refractivity contribution in [2.24, 2.45) is 0 Å². The number of amides is 1. The standard InChI is InChI=1S/C18H21N5O3S2/c1-27-12-9-16(22-28(25,26)15-5-3-2-4-6-15)18(24)20-13-14-7-10-19-17-8-11-21-23(14)17/h2-8,10-11,16,22H,9,12-13H2,1H3,(H,20,24). The maximum absolute atomic E-state index is 12.7. The quantitative estimate of drug-likeness (QED) is 0.544. The zero-order chi connectivity index (χ0) is 20.0. The summed E-state index contributed by atoms with van der Waals surface area (Å²) in [6.07, 6.45) is 5.56. The number of rotatable bonds is 9. The molecule has 0 spiro atoms. The highest BCUT2D eigenvalue weighted by atomic mass is 32.2. The Balaban J connectivity index is 1.72. The highest BCUT2D eigenvalue weighted by molar-refractivity contribution is 7.98. The molecule has 2 N–H and O–H groups in total. The molecular weight excluding hydrogens is 398 g/mol. The molecule has 0 saturated heterocycles. The molecule has 0 aliphatic carbocycles. The van der Waals surface area contributed by atoms with Crippen molar-refractivity contribution in [3.63, 3.8) is 0 Å². The van der Waals surface area contributed by atoms with E-state index in [1.54, 1.807) is 59.0 Å². The predicted molar refractivity (Wildman–Crippen MR) is 108 cm³/mol. The molecule has 0 aliphatic rings. The van der Waals surface area contributed by atoms with E-state index in [4.69, 9.17) is 0 Å². The molecule has 1 amide bonds. The Labute approximate surface area is 167 Å². The fourth-order valence-electron chi connectivity index (χ4n) is 2.65. The fraction of sp³-hybridized carbons (Fsp3) is 0.278. The van der Waals surface area contributed by atoms with Crippen LogP contribution < -0.4 is 10.0 Å². The van der Waals surface area contributed by atoms with Gasteiger partial charge < -0.3 is 5.32 Å². The largest absolute Gasteiger partial charge is 0.349 e. The lowest BCUT2D eigenvalue weighted by atomic mass is 10.2. The first-order chi connectivity index (χ1) is 13.5. The van der Waals surface area contributed by atoms with Gasteiger partial charge in [-0.05, 0) is 36.6 Å². The minimum absolute atomic E-state index is 0.129. The number of nitrogens with zero attached hydrogens (tertiary/aromatic N) is 3. The normalized spacial score (nSPS) is 12.8. The average Bonchev–Trinajstić information content (AvgIpc) is 3.19. The third-order valence-corrected chi connectivity index (χ3v) is 6.22. The first-order valence-electron chi connectivity index (χ1n) is 8.63. The number of carbonyl (C=O) groups excluding carboxylic acids is 1. The monoisotopic (exact) mass is 419 g/mol. The SMILES string of the molecule is CSCCC(NS(=O)(=O)c1ccccc1)C(=O)NCc1ccnc2ccnn12. The molecule has 1 aromatic carbocycles. The Morgan fingerprint density at radius 3 is 2.71 bits per heavy atom. The number of benzene rings is 1. The first-order valence-corrected chi connectivity index (χ1v) is 11.5. The van der Waals surface area contributed by atoms with Gasteiger partial charge in [0.15, 0.2) is 5.65 Å². The molecule has 3 rings (SSSR count). The van der Waals surface area contributed by atoms with Gasteiger partial charge in [-0.3, -0.25) is 4.79 Å². The Bertz CT molecular complexity index is 1040. The van der Waals surface area contributed by atoms with Crippen molar-refractivity contribution in [3.05, 3.63) is 60.6 Å². The molecule has 0 bridgehead atoms. The summed E-state index contributed by atoms with van der Waals surface area (Å²) in [7, 11) is -3.79. The van der Waals surface area contributed by atoms with Gasteiger partial charge in [-0.25, -0.2) is 17.9 Å². The second-order valence-corrected chi connectivity index (χ2v) is 8.72. The lowest BCUT2D eigenvalue weighted by Gasteiger charge is -2.18. The second kappa shape index (κ2) is 9.18. The predicted octanol–water partition coefficient (Wildman–Crippen LogP) is 1.45. The average molecular weight is 420 g/mol. The van der Waals surface area contributed by atoms with Crippen LogP contribution in [0.2, 0.25) is 0 Å². The topological polar surface area (TPSA) is 105 Å². The summed E-state index contributed by atoms with van der Waals surface area (Å²) in [5, 5.41) is 6.98. The molecule has 10 heteroatoms. The van der Waals surface area contributed by atoms with E-state index in [-0.39, 0.29) is 17.3 Å². The maximum Gasteiger partial charge on any atom is 0.241 e. The minimum Gasteiger partial charge on any atom is -0.349 e. The van der Waals surface area contributed by atoms with E-state index in [0.29, 0.717) is 17.8 Å².